The highest BCUT2D eigenvalue weighted by molar-refractivity contribution is 9.10. The van der Waals surface area contributed by atoms with Crippen LogP contribution in [0.1, 0.15) is 54.4 Å². The number of aromatic hydroxyl groups is 1. The van der Waals surface area contributed by atoms with E-state index in [1.165, 1.54) is 18.4 Å². The SMILES string of the molecule is O=C(OCc1ccccc1)N1CC[C@@]23CCCC[C@@H]2[C@@H]1Cc1c3cc(OCc2ccccc2)c(O)c1Br. The smallest absolute Gasteiger partial charge is 0.410 e. The van der Waals surface area contributed by atoms with Crippen molar-refractivity contribution in [2.45, 2.75) is 63.2 Å². The minimum absolute atomic E-state index is 0.00616. The number of hydrogen-bond donors (Lipinski definition) is 1. The van der Waals surface area contributed by atoms with Crippen molar-refractivity contribution < 1.29 is 19.4 Å². The van der Waals surface area contributed by atoms with Crippen LogP contribution in [0.5, 0.6) is 11.5 Å². The van der Waals surface area contributed by atoms with Gasteiger partial charge in [0.05, 0.1) is 4.47 Å². The van der Waals surface area contributed by atoms with E-state index >= 15 is 0 Å². The number of phenolic OH excluding ortho intramolecular Hbond substituents is 1. The second-order valence-corrected chi connectivity index (χ2v) is 11.4. The van der Waals surface area contributed by atoms with Gasteiger partial charge in [-0.25, -0.2) is 4.79 Å². The average molecular weight is 563 g/mol. The van der Waals surface area contributed by atoms with Gasteiger partial charge < -0.3 is 19.5 Å². The fourth-order valence-electron chi connectivity index (χ4n) is 6.95. The number of halogens is 1. The second kappa shape index (κ2) is 10.1. The van der Waals surface area contributed by atoms with Crippen LogP contribution >= 0.6 is 15.9 Å². The van der Waals surface area contributed by atoms with Crippen molar-refractivity contribution in [3.8, 4) is 11.5 Å². The fraction of sp³-hybridized carbons (Fsp3) is 0.387. The van der Waals surface area contributed by atoms with Gasteiger partial charge >= 0.3 is 6.09 Å². The van der Waals surface area contributed by atoms with Gasteiger partial charge in [-0.05, 0) is 75.9 Å². The number of ether oxygens (including phenoxy) is 2. The first-order valence-corrected chi connectivity index (χ1v) is 14.0. The fourth-order valence-corrected chi connectivity index (χ4v) is 7.52. The normalized spacial score (nSPS) is 24.1. The topological polar surface area (TPSA) is 59.0 Å². The Labute approximate surface area is 226 Å². The summed E-state index contributed by atoms with van der Waals surface area (Å²) in [5.41, 5.74) is 4.44. The molecule has 6 rings (SSSR count). The molecule has 1 N–H and O–H groups in total. The first-order chi connectivity index (χ1) is 18.1. The Morgan fingerprint density at radius 2 is 1.70 bits per heavy atom. The lowest BCUT2D eigenvalue weighted by Crippen LogP contribution is -2.62. The van der Waals surface area contributed by atoms with Crippen LogP contribution in [-0.2, 0) is 29.8 Å². The molecule has 37 heavy (non-hydrogen) atoms. The van der Waals surface area contributed by atoms with E-state index in [1.807, 2.05) is 65.6 Å². The number of fused-ring (bicyclic) bond motifs is 1. The van der Waals surface area contributed by atoms with E-state index in [2.05, 4.69) is 22.0 Å². The molecule has 2 bridgehead atoms. The predicted octanol–water partition coefficient (Wildman–Crippen LogP) is 7.13. The molecule has 0 spiro atoms. The zero-order valence-corrected chi connectivity index (χ0v) is 22.5. The first kappa shape index (κ1) is 24.4. The molecule has 3 aliphatic rings. The van der Waals surface area contributed by atoms with Crippen LogP contribution in [0.2, 0.25) is 0 Å². The molecular formula is C31H32BrNO4. The maximum atomic E-state index is 13.3. The summed E-state index contributed by atoms with van der Waals surface area (Å²) in [7, 11) is 0. The molecule has 0 radical (unpaired) electrons. The van der Waals surface area contributed by atoms with Gasteiger partial charge in [0.1, 0.15) is 13.2 Å². The maximum absolute atomic E-state index is 13.3. The summed E-state index contributed by atoms with van der Waals surface area (Å²) in [5.74, 6) is 1.04. The molecule has 0 aromatic heterocycles. The first-order valence-electron chi connectivity index (χ1n) is 13.3. The average Bonchev–Trinajstić information content (AvgIpc) is 2.94. The summed E-state index contributed by atoms with van der Waals surface area (Å²) in [6.07, 6.45) is 5.93. The predicted molar refractivity (Wildman–Crippen MR) is 146 cm³/mol. The van der Waals surface area contributed by atoms with E-state index in [-0.39, 0.29) is 29.9 Å². The molecule has 2 fully saturated rings. The third-order valence-electron chi connectivity index (χ3n) is 8.69. The van der Waals surface area contributed by atoms with Gasteiger partial charge in [0.25, 0.3) is 0 Å². The molecule has 2 aliphatic carbocycles. The zero-order valence-electron chi connectivity index (χ0n) is 20.9. The van der Waals surface area contributed by atoms with Gasteiger partial charge in [-0.2, -0.15) is 0 Å². The van der Waals surface area contributed by atoms with Crippen molar-refractivity contribution in [2.24, 2.45) is 5.92 Å². The lowest BCUT2D eigenvalue weighted by atomic mass is 9.52. The molecule has 1 aliphatic heterocycles. The number of benzene rings is 3. The third kappa shape index (κ3) is 4.39. The standard InChI is InChI=1S/C31H32BrNO4/c32-28-23-17-26-24-13-7-8-14-31(24,15-16-33(26)30(35)37-20-22-11-5-2-6-12-22)25(23)18-27(29(28)34)36-19-21-9-3-1-4-10-21/h1-6,9-12,18,24,26,34H,7-8,13-17,19-20H2/t24-,26+,31+/m1/s1. The molecule has 6 heteroatoms. The molecule has 1 saturated carbocycles. The van der Waals surface area contributed by atoms with Crippen LogP contribution in [0.4, 0.5) is 4.79 Å². The number of hydrogen-bond acceptors (Lipinski definition) is 4. The van der Waals surface area contributed by atoms with Crippen molar-refractivity contribution in [1.29, 1.82) is 0 Å². The van der Waals surface area contributed by atoms with Crippen LogP contribution in [-0.4, -0.2) is 28.7 Å². The van der Waals surface area contributed by atoms with Crippen molar-refractivity contribution >= 4 is 22.0 Å². The summed E-state index contributed by atoms with van der Waals surface area (Å²) in [5, 5.41) is 11.1. The van der Waals surface area contributed by atoms with Gasteiger partial charge in [-0.15, -0.1) is 0 Å². The van der Waals surface area contributed by atoms with E-state index in [9.17, 15) is 9.90 Å². The van der Waals surface area contributed by atoms with Crippen LogP contribution in [0.15, 0.2) is 71.2 Å². The second-order valence-electron chi connectivity index (χ2n) is 10.6. The largest absolute Gasteiger partial charge is 0.503 e. The van der Waals surface area contributed by atoms with Crippen LogP contribution in [0.25, 0.3) is 0 Å². The molecule has 1 amide bonds. The molecule has 1 saturated heterocycles. The van der Waals surface area contributed by atoms with Gasteiger partial charge in [-0.1, -0.05) is 73.5 Å². The van der Waals surface area contributed by atoms with Crippen molar-refractivity contribution in [1.82, 2.24) is 4.90 Å². The third-order valence-corrected chi connectivity index (χ3v) is 9.55. The molecular weight excluding hydrogens is 530 g/mol. The lowest BCUT2D eigenvalue weighted by molar-refractivity contribution is -0.0139. The zero-order chi connectivity index (χ0) is 25.4. The minimum atomic E-state index is -0.236. The molecule has 3 aromatic carbocycles. The number of carbonyl (C=O) groups excluding carboxylic acids is 1. The van der Waals surface area contributed by atoms with Gasteiger partial charge in [-0.3, -0.25) is 0 Å². The maximum Gasteiger partial charge on any atom is 0.410 e. The molecule has 3 atom stereocenters. The van der Waals surface area contributed by atoms with Crippen molar-refractivity contribution in [3.63, 3.8) is 0 Å². The number of amides is 1. The number of piperidine rings is 1. The van der Waals surface area contributed by atoms with Crippen molar-refractivity contribution in [2.75, 3.05) is 6.54 Å². The van der Waals surface area contributed by atoms with Gasteiger partial charge in [0.2, 0.25) is 0 Å². The Balaban J connectivity index is 1.30. The Morgan fingerprint density at radius 1 is 1.00 bits per heavy atom. The number of phenols is 1. The lowest BCUT2D eigenvalue weighted by Gasteiger charge is -2.58. The summed E-state index contributed by atoms with van der Waals surface area (Å²) < 4.78 is 12.6. The molecule has 192 valence electrons. The minimum Gasteiger partial charge on any atom is -0.503 e. The van der Waals surface area contributed by atoms with E-state index in [0.29, 0.717) is 35.7 Å². The quantitative estimate of drug-likeness (QED) is 0.360. The van der Waals surface area contributed by atoms with Gasteiger partial charge in [0.15, 0.2) is 11.5 Å². The van der Waals surface area contributed by atoms with Crippen LogP contribution < -0.4 is 4.74 Å². The number of rotatable bonds is 5. The van der Waals surface area contributed by atoms with Crippen LogP contribution in [0.3, 0.4) is 0 Å². The Bertz CT molecular complexity index is 1280. The van der Waals surface area contributed by atoms with E-state index in [0.717, 1.165) is 36.0 Å². The highest BCUT2D eigenvalue weighted by atomic mass is 79.9. The Morgan fingerprint density at radius 3 is 2.43 bits per heavy atom. The monoisotopic (exact) mass is 561 g/mol. The number of carbonyl (C=O) groups is 1. The summed E-state index contributed by atoms with van der Waals surface area (Å²) in [4.78, 5) is 15.3. The Hall–Kier alpha value is -2.99. The highest BCUT2D eigenvalue weighted by Gasteiger charge is 2.55. The summed E-state index contributed by atoms with van der Waals surface area (Å²) in [6.45, 7) is 1.37. The molecule has 0 unspecified atom stereocenters. The summed E-state index contributed by atoms with van der Waals surface area (Å²) >= 11 is 3.72. The van der Waals surface area contributed by atoms with E-state index in [1.54, 1.807) is 0 Å². The molecule has 3 aromatic rings. The molecule has 1 heterocycles. The highest BCUT2D eigenvalue weighted by Crippen LogP contribution is 2.58. The van der Waals surface area contributed by atoms with E-state index in [4.69, 9.17) is 9.47 Å². The van der Waals surface area contributed by atoms with Gasteiger partial charge in [0, 0.05) is 18.0 Å². The molecule has 5 nitrogen and oxygen atoms in total. The number of nitrogens with zero attached hydrogens (tertiary/aromatic N) is 1. The number of likely N-dealkylation sites (tertiary alicyclic amines) is 1. The Kier molecular flexibility index (Phi) is 6.62. The van der Waals surface area contributed by atoms with E-state index < -0.39 is 0 Å². The summed E-state index contributed by atoms with van der Waals surface area (Å²) in [6, 6.07) is 22.0. The van der Waals surface area contributed by atoms with Crippen molar-refractivity contribution in [3.05, 3.63) is 93.5 Å². The van der Waals surface area contributed by atoms with Crippen LogP contribution in [0, 0.1) is 5.92 Å².